The van der Waals surface area contributed by atoms with Crippen molar-refractivity contribution in [2.24, 2.45) is 0 Å². The molecule has 0 heterocycles. The number of rotatable bonds is 5. The summed E-state index contributed by atoms with van der Waals surface area (Å²) in [6, 6.07) is 23.4. The van der Waals surface area contributed by atoms with Crippen LogP contribution >= 0.6 is 0 Å². The third kappa shape index (κ3) is 4.03. The summed E-state index contributed by atoms with van der Waals surface area (Å²) < 4.78 is 0. The summed E-state index contributed by atoms with van der Waals surface area (Å²) in [7, 11) is 0. The Morgan fingerprint density at radius 2 is 1.84 bits per heavy atom. The van der Waals surface area contributed by atoms with E-state index in [2.05, 4.69) is 41.0 Å². The summed E-state index contributed by atoms with van der Waals surface area (Å²) in [5, 5.41) is 17.4. The number of amides is 1. The van der Waals surface area contributed by atoms with Crippen molar-refractivity contribution in [2.45, 2.75) is 13.0 Å². The molecule has 0 saturated heterocycles. The summed E-state index contributed by atoms with van der Waals surface area (Å²) in [4.78, 5) is 12.2. The Labute approximate surface area is 147 Å². The van der Waals surface area contributed by atoms with Crippen molar-refractivity contribution in [3.8, 4) is 6.07 Å². The molecule has 0 aliphatic carbocycles. The van der Waals surface area contributed by atoms with Crippen molar-refractivity contribution in [1.29, 1.82) is 5.26 Å². The number of nitrogens with zero attached hydrogens (tertiary/aromatic N) is 1. The zero-order valence-corrected chi connectivity index (χ0v) is 14.0. The molecule has 2 N–H and O–H groups in total. The van der Waals surface area contributed by atoms with Gasteiger partial charge in [0.1, 0.15) is 0 Å². The molecule has 124 valence electrons. The number of benzene rings is 3. The van der Waals surface area contributed by atoms with E-state index in [1.54, 1.807) is 24.3 Å². The first-order chi connectivity index (χ1) is 12.2. The Balaban J connectivity index is 1.64. The number of hydrogen-bond donors (Lipinski definition) is 2. The predicted octanol–water partition coefficient (Wildman–Crippen LogP) is 4.00. The van der Waals surface area contributed by atoms with E-state index >= 15 is 0 Å². The Kier molecular flexibility index (Phi) is 5.08. The van der Waals surface area contributed by atoms with Gasteiger partial charge < -0.3 is 10.6 Å². The van der Waals surface area contributed by atoms with Gasteiger partial charge in [0.2, 0.25) is 5.91 Å². The average molecular weight is 329 g/mol. The number of carbonyl (C=O) groups excluding carboxylic acids is 1. The van der Waals surface area contributed by atoms with E-state index in [-0.39, 0.29) is 18.5 Å². The molecule has 3 aromatic rings. The molecule has 4 nitrogen and oxygen atoms in total. The van der Waals surface area contributed by atoms with Crippen molar-refractivity contribution in [3.63, 3.8) is 0 Å². The van der Waals surface area contributed by atoms with Gasteiger partial charge in [-0.25, -0.2) is 0 Å². The number of fused-ring (bicyclic) bond motifs is 1. The van der Waals surface area contributed by atoms with Gasteiger partial charge in [-0.15, -0.1) is 0 Å². The van der Waals surface area contributed by atoms with Gasteiger partial charge in [0.15, 0.2) is 0 Å². The monoisotopic (exact) mass is 329 g/mol. The fourth-order valence-corrected chi connectivity index (χ4v) is 2.86. The first-order valence-electron chi connectivity index (χ1n) is 8.18. The Morgan fingerprint density at radius 1 is 1.08 bits per heavy atom. The molecule has 1 atom stereocenters. The molecule has 0 bridgehead atoms. The number of nitriles is 1. The predicted molar refractivity (Wildman–Crippen MR) is 100 cm³/mol. The fraction of sp³-hybridized carbons (Fsp3) is 0.143. The second-order valence-electron chi connectivity index (χ2n) is 5.91. The molecule has 0 fully saturated rings. The molecular formula is C21H19N3O. The van der Waals surface area contributed by atoms with Crippen molar-refractivity contribution in [2.75, 3.05) is 11.9 Å². The third-order valence-electron chi connectivity index (χ3n) is 4.13. The maximum atomic E-state index is 12.2. The minimum atomic E-state index is -0.137. The van der Waals surface area contributed by atoms with Crippen molar-refractivity contribution in [3.05, 3.63) is 77.9 Å². The van der Waals surface area contributed by atoms with Gasteiger partial charge in [0, 0.05) is 11.7 Å². The minimum Gasteiger partial charge on any atom is -0.325 e. The van der Waals surface area contributed by atoms with Gasteiger partial charge in [-0.1, -0.05) is 48.5 Å². The highest BCUT2D eigenvalue weighted by Crippen LogP contribution is 2.23. The second kappa shape index (κ2) is 7.61. The van der Waals surface area contributed by atoms with E-state index in [4.69, 9.17) is 5.26 Å². The quantitative estimate of drug-likeness (QED) is 0.743. The lowest BCUT2D eigenvalue weighted by atomic mass is 10.00. The summed E-state index contributed by atoms with van der Waals surface area (Å²) >= 11 is 0. The van der Waals surface area contributed by atoms with Crippen LogP contribution in [0.25, 0.3) is 10.8 Å². The maximum absolute atomic E-state index is 12.2. The van der Waals surface area contributed by atoms with E-state index < -0.39 is 0 Å². The highest BCUT2D eigenvalue weighted by atomic mass is 16.1. The zero-order chi connectivity index (χ0) is 17.6. The number of anilines is 1. The topological polar surface area (TPSA) is 64.9 Å². The van der Waals surface area contributed by atoms with Crippen LogP contribution in [-0.2, 0) is 4.79 Å². The van der Waals surface area contributed by atoms with Crippen molar-refractivity contribution in [1.82, 2.24) is 5.32 Å². The van der Waals surface area contributed by atoms with Crippen molar-refractivity contribution < 1.29 is 4.79 Å². The van der Waals surface area contributed by atoms with Crippen LogP contribution in [0, 0.1) is 11.3 Å². The summed E-state index contributed by atoms with van der Waals surface area (Å²) in [5.74, 6) is -0.137. The molecule has 3 aromatic carbocycles. The molecule has 1 amide bonds. The van der Waals surface area contributed by atoms with Crippen LogP contribution in [0.1, 0.15) is 24.1 Å². The molecule has 0 radical (unpaired) electrons. The standard InChI is InChI=1S/C21H19N3O/c1-15(19-11-5-8-17-7-2-3-10-20(17)19)23-14-21(25)24-18-9-4-6-16(12-18)13-22/h2-12,15,23H,14H2,1H3,(H,24,25)/t15-/m1/s1. The van der Waals surface area contributed by atoms with E-state index in [0.717, 1.165) is 5.56 Å². The van der Waals surface area contributed by atoms with Gasteiger partial charge in [-0.3, -0.25) is 4.79 Å². The van der Waals surface area contributed by atoms with Crippen LogP contribution in [0.2, 0.25) is 0 Å². The van der Waals surface area contributed by atoms with Crippen molar-refractivity contribution >= 4 is 22.4 Å². The lowest BCUT2D eigenvalue weighted by molar-refractivity contribution is -0.115. The van der Waals surface area contributed by atoms with Crippen LogP contribution < -0.4 is 10.6 Å². The molecule has 0 saturated carbocycles. The summed E-state index contributed by atoms with van der Waals surface area (Å²) in [6.45, 7) is 2.24. The zero-order valence-electron chi connectivity index (χ0n) is 14.0. The molecule has 3 rings (SSSR count). The molecule has 0 aromatic heterocycles. The molecular weight excluding hydrogens is 310 g/mol. The maximum Gasteiger partial charge on any atom is 0.238 e. The first-order valence-corrected chi connectivity index (χ1v) is 8.18. The molecule has 4 heteroatoms. The SMILES string of the molecule is C[C@@H](NCC(=O)Nc1cccc(C#N)c1)c1cccc2ccccc12. The number of nitrogens with one attached hydrogen (secondary N) is 2. The van der Waals surface area contributed by atoms with Crippen LogP contribution in [-0.4, -0.2) is 12.5 Å². The average Bonchev–Trinajstić information content (AvgIpc) is 2.65. The van der Waals surface area contributed by atoms with Crippen LogP contribution in [0.4, 0.5) is 5.69 Å². The van der Waals surface area contributed by atoms with Gasteiger partial charge in [-0.05, 0) is 41.5 Å². The molecule has 0 unspecified atom stereocenters. The van der Waals surface area contributed by atoms with Crippen LogP contribution in [0.5, 0.6) is 0 Å². The Hall–Kier alpha value is -3.16. The van der Waals surface area contributed by atoms with E-state index in [1.807, 2.05) is 25.1 Å². The minimum absolute atomic E-state index is 0.0438. The molecule has 0 aliphatic heterocycles. The van der Waals surface area contributed by atoms with Crippen LogP contribution in [0.15, 0.2) is 66.7 Å². The molecule has 0 aliphatic rings. The normalized spacial score (nSPS) is 11.7. The summed E-state index contributed by atoms with van der Waals surface area (Å²) in [5.41, 5.74) is 2.32. The van der Waals surface area contributed by atoms with E-state index in [0.29, 0.717) is 11.3 Å². The van der Waals surface area contributed by atoms with Gasteiger partial charge in [0.25, 0.3) is 0 Å². The highest BCUT2D eigenvalue weighted by Gasteiger charge is 2.11. The Bertz CT molecular complexity index is 938. The number of hydrogen-bond acceptors (Lipinski definition) is 3. The lowest BCUT2D eigenvalue weighted by Crippen LogP contribution is -2.30. The Morgan fingerprint density at radius 3 is 2.68 bits per heavy atom. The van der Waals surface area contributed by atoms with Gasteiger partial charge >= 0.3 is 0 Å². The number of carbonyl (C=O) groups is 1. The lowest BCUT2D eigenvalue weighted by Gasteiger charge is -2.16. The largest absolute Gasteiger partial charge is 0.325 e. The second-order valence-corrected chi connectivity index (χ2v) is 5.91. The fourth-order valence-electron chi connectivity index (χ4n) is 2.86. The van der Waals surface area contributed by atoms with E-state index in [1.165, 1.54) is 10.8 Å². The highest BCUT2D eigenvalue weighted by molar-refractivity contribution is 5.92. The summed E-state index contributed by atoms with van der Waals surface area (Å²) in [6.07, 6.45) is 0. The smallest absolute Gasteiger partial charge is 0.238 e. The molecule has 25 heavy (non-hydrogen) atoms. The molecule has 0 spiro atoms. The van der Waals surface area contributed by atoms with Gasteiger partial charge in [-0.2, -0.15) is 5.26 Å². The first kappa shape index (κ1) is 16.7. The third-order valence-corrected chi connectivity index (χ3v) is 4.13. The van der Waals surface area contributed by atoms with E-state index in [9.17, 15) is 4.79 Å². The van der Waals surface area contributed by atoms with Crippen LogP contribution in [0.3, 0.4) is 0 Å². The van der Waals surface area contributed by atoms with Gasteiger partial charge in [0.05, 0.1) is 18.2 Å².